The molecule has 6 nitrogen and oxygen atoms in total. The van der Waals surface area contributed by atoms with Crippen molar-refractivity contribution in [2.24, 2.45) is 0 Å². The third-order valence-electron chi connectivity index (χ3n) is 2.36. The second-order valence-electron chi connectivity index (χ2n) is 3.46. The van der Waals surface area contributed by atoms with Crippen LogP contribution in [0.25, 0.3) is 0 Å². The molecule has 0 unspecified atom stereocenters. The molecule has 0 aromatic heterocycles. The maximum atomic E-state index is 11.4. The quantitative estimate of drug-likeness (QED) is 0.536. The lowest BCUT2D eigenvalue weighted by atomic mass is 10.2. The van der Waals surface area contributed by atoms with Crippen LogP contribution < -0.4 is 15.4 Å². The second-order valence-corrected chi connectivity index (χ2v) is 5.51. The van der Waals surface area contributed by atoms with Gasteiger partial charge in [0.05, 0.1) is 11.8 Å². The molecule has 1 amide bonds. The highest BCUT2D eigenvalue weighted by molar-refractivity contribution is 7.89. The van der Waals surface area contributed by atoms with E-state index in [1.54, 1.807) is 0 Å². The third kappa shape index (κ3) is 4.15. The highest BCUT2D eigenvalue weighted by Gasteiger charge is 2.21. The molecule has 0 radical (unpaired) electrons. The lowest BCUT2D eigenvalue weighted by molar-refractivity contribution is -0.122. The van der Waals surface area contributed by atoms with Gasteiger partial charge in [0, 0.05) is 6.54 Å². The average molecular weight is 235 g/mol. The van der Waals surface area contributed by atoms with Gasteiger partial charge in [-0.2, -0.15) is 0 Å². The lowest BCUT2D eigenvalue weighted by Crippen LogP contribution is -2.42. The zero-order chi connectivity index (χ0) is 11.3. The maximum Gasteiger partial charge on any atom is 0.237 e. The Bertz CT molecular complexity index is 309. The van der Waals surface area contributed by atoms with E-state index in [2.05, 4.69) is 15.4 Å². The van der Waals surface area contributed by atoms with Crippen LogP contribution >= 0.6 is 0 Å². The standard InChI is InChI=1S/C8H17N3O3S/c1-9-15(13,14)6-5-11-8(12)7-3-2-4-10-7/h7,9-10H,2-6H2,1H3,(H,11,12)/t7-/m1/s1. The summed E-state index contributed by atoms with van der Waals surface area (Å²) in [6, 6.07) is -0.151. The fourth-order valence-electron chi connectivity index (χ4n) is 1.44. The van der Waals surface area contributed by atoms with Crippen molar-refractivity contribution >= 4 is 15.9 Å². The highest BCUT2D eigenvalue weighted by atomic mass is 32.2. The fraction of sp³-hybridized carbons (Fsp3) is 0.875. The van der Waals surface area contributed by atoms with Crippen molar-refractivity contribution in [3.63, 3.8) is 0 Å². The molecule has 0 bridgehead atoms. The van der Waals surface area contributed by atoms with Crippen molar-refractivity contribution < 1.29 is 13.2 Å². The number of hydrogen-bond acceptors (Lipinski definition) is 4. The predicted molar refractivity (Wildman–Crippen MR) is 56.9 cm³/mol. The Morgan fingerprint density at radius 3 is 2.80 bits per heavy atom. The molecule has 1 heterocycles. The molecular formula is C8H17N3O3S. The molecule has 88 valence electrons. The summed E-state index contributed by atoms with van der Waals surface area (Å²) in [4.78, 5) is 11.4. The van der Waals surface area contributed by atoms with Gasteiger partial charge in [0.1, 0.15) is 0 Å². The minimum absolute atomic E-state index is 0.0814. The Hall–Kier alpha value is -0.660. The number of hydrogen-bond donors (Lipinski definition) is 3. The zero-order valence-electron chi connectivity index (χ0n) is 8.75. The van der Waals surface area contributed by atoms with Crippen LogP contribution in [0.3, 0.4) is 0 Å². The number of carbonyl (C=O) groups excluding carboxylic acids is 1. The molecule has 1 aliphatic heterocycles. The van der Waals surface area contributed by atoms with Gasteiger partial charge in [0.25, 0.3) is 0 Å². The van der Waals surface area contributed by atoms with Crippen LogP contribution in [0.5, 0.6) is 0 Å². The van der Waals surface area contributed by atoms with E-state index < -0.39 is 10.0 Å². The number of rotatable bonds is 5. The molecule has 1 atom stereocenters. The summed E-state index contributed by atoms with van der Waals surface area (Å²) in [5.41, 5.74) is 0. The molecular weight excluding hydrogens is 218 g/mol. The van der Waals surface area contributed by atoms with E-state index in [-0.39, 0.29) is 24.2 Å². The first-order valence-electron chi connectivity index (χ1n) is 4.97. The highest BCUT2D eigenvalue weighted by Crippen LogP contribution is 2.04. The third-order valence-corrected chi connectivity index (χ3v) is 3.72. The molecule has 7 heteroatoms. The van der Waals surface area contributed by atoms with Gasteiger partial charge in [-0.25, -0.2) is 13.1 Å². The van der Waals surface area contributed by atoms with Gasteiger partial charge in [-0.3, -0.25) is 4.79 Å². The van der Waals surface area contributed by atoms with E-state index in [1.165, 1.54) is 7.05 Å². The summed E-state index contributed by atoms with van der Waals surface area (Å²) in [5.74, 6) is -0.194. The van der Waals surface area contributed by atoms with Crippen LogP contribution in [0.2, 0.25) is 0 Å². The first kappa shape index (κ1) is 12.4. The number of carbonyl (C=O) groups is 1. The summed E-state index contributed by atoms with van der Waals surface area (Å²) in [5, 5.41) is 5.64. The van der Waals surface area contributed by atoms with E-state index in [0.717, 1.165) is 19.4 Å². The van der Waals surface area contributed by atoms with E-state index in [4.69, 9.17) is 0 Å². The Morgan fingerprint density at radius 2 is 2.27 bits per heavy atom. The van der Waals surface area contributed by atoms with E-state index in [1.807, 2.05) is 0 Å². The van der Waals surface area contributed by atoms with Crippen LogP contribution in [0, 0.1) is 0 Å². The minimum Gasteiger partial charge on any atom is -0.354 e. The molecule has 0 saturated carbocycles. The van der Waals surface area contributed by atoms with Crippen molar-refractivity contribution in [3.8, 4) is 0 Å². The fourth-order valence-corrected chi connectivity index (χ4v) is 2.02. The summed E-state index contributed by atoms with van der Waals surface area (Å²) in [7, 11) is -1.87. The van der Waals surface area contributed by atoms with Crippen molar-refractivity contribution in [2.75, 3.05) is 25.9 Å². The molecule has 3 N–H and O–H groups in total. The molecule has 15 heavy (non-hydrogen) atoms. The van der Waals surface area contributed by atoms with Crippen molar-refractivity contribution in [2.45, 2.75) is 18.9 Å². The molecule has 1 aliphatic rings. The first-order chi connectivity index (χ1) is 7.05. The van der Waals surface area contributed by atoms with Crippen molar-refractivity contribution in [3.05, 3.63) is 0 Å². The topological polar surface area (TPSA) is 87.3 Å². The van der Waals surface area contributed by atoms with Gasteiger partial charge in [0.2, 0.25) is 15.9 Å². The SMILES string of the molecule is CNS(=O)(=O)CCNC(=O)[C@H]1CCCN1. The molecule has 1 saturated heterocycles. The summed E-state index contributed by atoms with van der Waals surface area (Å²) in [6.45, 7) is 1.01. The van der Waals surface area contributed by atoms with Gasteiger partial charge in [-0.1, -0.05) is 0 Å². The predicted octanol–water partition coefficient (Wildman–Crippen LogP) is -1.60. The summed E-state index contributed by atoms with van der Waals surface area (Å²) >= 11 is 0. The Morgan fingerprint density at radius 1 is 1.53 bits per heavy atom. The summed E-state index contributed by atoms with van der Waals surface area (Å²) < 4.78 is 24.2. The van der Waals surface area contributed by atoms with E-state index in [9.17, 15) is 13.2 Å². The molecule has 0 aliphatic carbocycles. The first-order valence-corrected chi connectivity index (χ1v) is 6.63. The van der Waals surface area contributed by atoms with Gasteiger partial charge >= 0.3 is 0 Å². The van der Waals surface area contributed by atoms with Gasteiger partial charge in [-0.15, -0.1) is 0 Å². The largest absolute Gasteiger partial charge is 0.354 e. The van der Waals surface area contributed by atoms with E-state index >= 15 is 0 Å². The minimum atomic E-state index is -3.22. The van der Waals surface area contributed by atoms with Crippen LogP contribution in [0.1, 0.15) is 12.8 Å². The summed E-state index contributed by atoms with van der Waals surface area (Å²) in [6.07, 6.45) is 1.82. The maximum absolute atomic E-state index is 11.4. The normalized spacial score (nSPS) is 21.5. The second kappa shape index (κ2) is 5.43. The Balaban J connectivity index is 2.22. The Labute approximate surface area is 89.9 Å². The van der Waals surface area contributed by atoms with Gasteiger partial charge in [-0.05, 0) is 26.4 Å². The van der Waals surface area contributed by atoms with Crippen LogP contribution in [-0.4, -0.2) is 46.3 Å². The van der Waals surface area contributed by atoms with Gasteiger partial charge < -0.3 is 10.6 Å². The molecule has 1 rings (SSSR count). The van der Waals surface area contributed by atoms with E-state index in [0.29, 0.717) is 0 Å². The number of nitrogens with one attached hydrogen (secondary N) is 3. The zero-order valence-corrected chi connectivity index (χ0v) is 9.56. The average Bonchev–Trinajstić information content (AvgIpc) is 2.70. The van der Waals surface area contributed by atoms with Crippen molar-refractivity contribution in [1.29, 1.82) is 0 Å². The van der Waals surface area contributed by atoms with Crippen LogP contribution in [0.15, 0.2) is 0 Å². The molecule has 1 fully saturated rings. The number of sulfonamides is 1. The molecule has 0 spiro atoms. The monoisotopic (exact) mass is 235 g/mol. The Kier molecular flexibility index (Phi) is 4.49. The number of amides is 1. The molecule has 0 aromatic carbocycles. The smallest absolute Gasteiger partial charge is 0.237 e. The molecule has 0 aromatic rings. The van der Waals surface area contributed by atoms with Crippen molar-refractivity contribution in [1.82, 2.24) is 15.4 Å². The van der Waals surface area contributed by atoms with Crippen LogP contribution in [0.4, 0.5) is 0 Å². The van der Waals surface area contributed by atoms with Gasteiger partial charge in [0.15, 0.2) is 0 Å². The lowest BCUT2D eigenvalue weighted by Gasteiger charge is -2.10. The van der Waals surface area contributed by atoms with Crippen LogP contribution in [-0.2, 0) is 14.8 Å².